The molecule has 0 aromatic heterocycles. The molecule has 0 aromatic rings. The van der Waals surface area contributed by atoms with E-state index in [4.69, 9.17) is 9.16 Å². The van der Waals surface area contributed by atoms with Gasteiger partial charge >= 0.3 is 5.97 Å². The molecule has 0 aromatic carbocycles. The smallest absolute Gasteiger partial charge is 0.330 e. The lowest BCUT2D eigenvalue weighted by molar-refractivity contribution is -0.134. The fourth-order valence-corrected chi connectivity index (χ4v) is 2.22. The van der Waals surface area contributed by atoms with Crippen LogP contribution in [0.4, 0.5) is 0 Å². The molecule has 0 spiro atoms. The quantitative estimate of drug-likeness (QED) is 0.334. The molecule has 1 heterocycles. The van der Waals surface area contributed by atoms with Crippen molar-refractivity contribution in [2.45, 2.75) is 51.1 Å². The van der Waals surface area contributed by atoms with Crippen LogP contribution < -0.4 is 0 Å². The van der Waals surface area contributed by atoms with Crippen molar-refractivity contribution in [1.82, 2.24) is 0 Å². The molecule has 0 saturated carbocycles. The molecule has 1 saturated heterocycles. The minimum Gasteiger partial charge on any atom is -0.466 e. The minimum atomic E-state index is -1.70. The van der Waals surface area contributed by atoms with Crippen LogP contribution in [-0.4, -0.2) is 40.2 Å². The van der Waals surface area contributed by atoms with Gasteiger partial charge in [-0.2, -0.15) is 0 Å². The maximum atomic E-state index is 10.9. The van der Waals surface area contributed by atoms with Crippen LogP contribution in [-0.2, 0) is 18.7 Å². The van der Waals surface area contributed by atoms with Crippen LogP contribution in [0.5, 0.6) is 0 Å². The summed E-state index contributed by atoms with van der Waals surface area (Å²) in [5.74, 6) is -0.352. The Morgan fingerprint density at radius 2 is 2.00 bits per heavy atom. The maximum Gasteiger partial charge on any atom is 0.330 e. The first-order chi connectivity index (χ1) is 8.17. The molecule has 1 aliphatic heterocycles. The highest BCUT2D eigenvalue weighted by atomic mass is 28.4. The Bertz CT molecular complexity index is 330. The lowest BCUT2D eigenvalue weighted by atomic mass is 10.2. The molecule has 1 aliphatic rings. The fourth-order valence-electron chi connectivity index (χ4n) is 1.21. The molecular formula is C13H24O4Si. The number of carbonyl (C=O) groups is 1. The summed E-state index contributed by atoms with van der Waals surface area (Å²) in [5, 5.41) is 0.208. The van der Waals surface area contributed by atoms with Crippen molar-refractivity contribution >= 4 is 14.3 Å². The first-order valence-corrected chi connectivity index (χ1v) is 9.14. The predicted octanol–water partition coefficient (Wildman–Crippen LogP) is 2.50. The number of ether oxygens (including phenoxy) is 2. The molecule has 1 fully saturated rings. The Hall–Kier alpha value is -0.653. The van der Waals surface area contributed by atoms with Crippen molar-refractivity contribution < 1.29 is 18.7 Å². The molecule has 0 bridgehead atoms. The van der Waals surface area contributed by atoms with E-state index < -0.39 is 8.32 Å². The number of methoxy groups -OCH3 is 1. The van der Waals surface area contributed by atoms with Crippen LogP contribution in [0.1, 0.15) is 20.8 Å². The molecule has 18 heavy (non-hydrogen) atoms. The molecule has 0 aliphatic carbocycles. The van der Waals surface area contributed by atoms with Crippen molar-refractivity contribution in [2.24, 2.45) is 0 Å². The average molecular weight is 272 g/mol. The zero-order valence-electron chi connectivity index (χ0n) is 12.1. The highest BCUT2D eigenvalue weighted by Gasteiger charge is 2.42. The summed E-state index contributed by atoms with van der Waals surface area (Å²) >= 11 is 0. The van der Waals surface area contributed by atoms with E-state index in [1.165, 1.54) is 13.2 Å². The third-order valence-electron chi connectivity index (χ3n) is 3.66. The molecule has 0 radical (unpaired) electrons. The van der Waals surface area contributed by atoms with Crippen molar-refractivity contribution in [1.29, 1.82) is 0 Å². The fraction of sp³-hybridized carbons (Fsp3) is 0.769. The zero-order valence-corrected chi connectivity index (χ0v) is 13.1. The highest BCUT2D eigenvalue weighted by Crippen LogP contribution is 2.37. The van der Waals surface area contributed by atoms with E-state index in [0.29, 0.717) is 6.61 Å². The van der Waals surface area contributed by atoms with Crippen molar-refractivity contribution in [3.05, 3.63) is 12.2 Å². The standard InChI is InChI=1S/C13H24O4Si/c1-13(2,3)18(5,6)16-9-11-10(17-11)7-8-12(14)15-4/h7-8,10-11H,9H2,1-6H3/b8-7+/t10-,11+/m0/s1. The van der Waals surface area contributed by atoms with E-state index in [1.807, 2.05) is 0 Å². The average Bonchev–Trinajstić information content (AvgIpc) is 3.00. The lowest BCUT2D eigenvalue weighted by Gasteiger charge is -2.35. The van der Waals surface area contributed by atoms with Gasteiger partial charge in [0.1, 0.15) is 12.2 Å². The minimum absolute atomic E-state index is 0.00568. The summed E-state index contributed by atoms with van der Waals surface area (Å²) in [6, 6.07) is 0. The molecule has 0 amide bonds. The third-order valence-corrected chi connectivity index (χ3v) is 8.16. The number of epoxide rings is 1. The summed E-state index contributed by atoms with van der Waals surface area (Å²) < 4.78 is 16.0. The third kappa shape index (κ3) is 4.22. The van der Waals surface area contributed by atoms with E-state index in [0.717, 1.165) is 0 Å². The summed E-state index contributed by atoms with van der Waals surface area (Å²) in [6.07, 6.45) is 3.21. The van der Waals surface area contributed by atoms with Gasteiger partial charge in [-0.3, -0.25) is 0 Å². The molecule has 4 nitrogen and oxygen atoms in total. The second kappa shape index (κ2) is 5.55. The molecule has 1 rings (SSSR count). The van der Waals surface area contributed by atoms with Gasteiger partial charge in [0, 0.05) is 6.08 Å². The van der Waals surface area contributed by atoms with Crippen LogP contribution >= 0.6 is 0 Å². The van der Waals surface area contributed by atoms with Crippen LogP contribution in [0.15, 0.2) is 12.2 Å². The van der Waals surface area contributed by atoms with Crippen molar-refractivity contribution in [2.75, 3.05) is 13.7 Å². The second-order valence-electron chi connectivity index (χ2n) is 6.09. The van der Waals surface area contributed by atoms with Gasteiger partial charge in [0.05, 0.1) is 13.7 Å². The van der Waals surface area contributed by atoms with E-state index in [1.54, 1.807) is 6.08 Å². The first kappa shape index (κ1) is 15.4. The molecule has 0 unspecified atom stereocenters. The Morgan fingerprint density at radius 1 is 1.39 bits per heavy atom. The summed E-state index contributed by atoms with van der Waals surface area (Å²) in [4.78, 5) is 10.9. The van der Waals surface area contributed by atoms with Gasteiger partial charge < -0.3 is 13.9 Å². The van der Waals surface area contributed by atoms with Crippen LogP contribution in [0.2, 0.25) is 18.1 Å². The largest absolute Gasteiger partial charge is 0.466 e. The number of rotatable bonds is 5. The topological polar surface area (TPSA) is 48.1 Å². The number of esters is 1. The Kier molecular flexibility index (Phi) is 4.75. The Balaban J connectivity index is 2.32. The Labute approximate surface area is 110 Å². The number of hydrogen-bond acceptors (Lipinski definition) is 4. The van der Waals surface area contributed by atoms with Crippen molar-refractivity contribution in [3.8, 4) is 0 Å². The van der Waals surface area contributed by atoms with Gasteiger partial charge in [-0.25, -0.2) is 4.79 Å². The van der Waals surface area contributed by atoms with Crippen LogP contribution in [0.25, 0.3) is 0 Å². The van der Waals surface area contributed by atoms with Gasteiger partial charge in [-0.15, -0.1) is 0 Å². The summed E-state index contributed by atoms with van der Waals surface area (Å²) in [7, 11) is -0.345. The SMILES string of the molecule is COC(=O)/C=C/[C@@H]1O[C@@H]1CO[Si](C)(C)C(C)(C)C. The number of carbonyl (C=O) groups excluding carboxylic acids is 1. The predicted molar refractivity (Wildman–Crippen MR) is 73.0 cm³/mol. The van der Waals surface area contributed by atoms with E-state index in [-0.39, 0.29) is 23.2 Å². The normalized spacial score (nSPS) is 24.3. The van der Waals surface area contributed by atoms with Crippen molar-refractivity contribution in [3.63, 3.8) is 0 Å². The highest BCUT2D eigenvalue weighted by molar-refractivity contribution is 6.74. The van der Waals surface area contributed by atoms with Gasteiger partial charge in [0.15, 0.2) is 8.32 Å². The van der Waals surface area contributed by atoms with Crippen LogP contribution in [0, 0.1) is 0 Å². The van der Waals surface area contributed by atoms with Gasteiger partial charge in [0.2, 0.25) is 0 Å². The molecular weight excluding hydrogens is 248 g/mol. The Morgan fingerprint density at radius 3 is 2.50 bits per heavy atom. The lowest BCUT2D eigenvalue weighted by Crippen LogP contribution is -2.41. The zero-order chi connectivity index (χ0) is 14.0. The second-order valence-corrected chi connectivity index (χ2v) is 10.9. The summed E-state index contributed by atoms with van der Waals surface area (Å²) in [5.41, 5.74) is 0. The van der Waals surface area contributed by atoms with E-state index in [9.17, 15) is 4.79 Å². The van der Waals surface area contributed by atoms with Gasteiger partial charge in [-0.05, 0) is 24.2 Å². The first-order valence-electron chi connectivity index (χ1n) is 6.23. The van der Waals surface area contributed by atoms with E-state index >= 15 is 0 Å². The van der Waals surface area contributed by atoms with E-state index in [2.05, 4.69) is 38.6 Å². The number of hydrogen-bond donors (Lipinski definition) is 0. The maximum absolute atomic E-state index is 10.9. The molecule has 104 valence electrons. The molecule has 0 N–H and O–H groups in total. The molecule has 2 atom stereocenters. The van der Waals surface area contributed by atoms with Crippen LogP contribution in [0.3, 0.4) is 0 Å². The van der Waals surface area contributed by atoms with Gasteiger partial charge in [0.25, 0.3) is 0 Å². The van der Waals surface area contributed by atoms with Gasteiger partial charge in [-0.1, -0.05) is 20.8 Å². The molecule has 5 heteroatoms. The monoisotopic (exact) mass is 272 g/mol. The summed E-state index contributed by atoms with van der Waals surface area (Å²) in [6.45, 7) is 11.7.